The number of rotatable bonds is 7. The van der Waals surface area contributed by atoms with Gasteiger partial charge in [0.05, 0.1) is 6.10 Å². The Bertz CT molecular complexity index is 277. The van der Waals surface area contributed by atoms with Crippen LogP contribution in [0.3, 0.4) is 0 Å². The smallest absolute Gasteiger partial charge is 0.402 e. The van der Waals surface area contributed by atoms with Gasteiger partial charge in [0.1, 0.15) is 0 Å². The van der Waals surface area contributed by atoms with E-state index in [0.29, 0.717) is 0 Å². The lowest BCUT2D eigenvalue weighted by molar-refractivity contribution is 0.110. The quantitative estimate of drug-likeness (QED) is 0.549. The summed E-state index contributed by atoms with van der Waals surface area (Å²) in [7, 11) is -1.70. The van der Waals surface area contributed by atoms with Crippen LogP contribution in [0.5, 0.6) is 0 Å². The van der Waals surface area contributed by atoms with E-state index in [1.807, 2.05) is 30.3 Å². The van der Waals surface area contributed by atoms with Gasteiger partial charge in [-0.1, -0.05) is 56.5 Å². The largest absolute Gasteiger partial charge is 0.634 e. The second kappa shape index (κ2) is 7.44. The van der Waals surface area contributed by atoms with Crippen LogP contribution in [-0.4, -0.2) is 17.4 Å². The molecule has 1 aromatic rings. The van der Waals surface area contributed by atoms with Crippen molar-refractivity contribution in [2.24, 2.45) is 0 Å². The number of benzene rings is 1. The minimum absolute atomic E-state index is 0.229. The van der Waals surface area contributed by atoms with Crippen LogP contribution in [0, 0.1) is 0 Å². The summed E-state index contributed by atoms with van der Waals surface area (Å²) in [6.07, 6.45) is 3.89. The summed E-state index contributed by atoms with van der Waals surface area (Å²) in [5.41, 5.74) is 0.992. The van der Waals surface area contributed by atoms with Crippen LogP contribution in [0.15, 0.2) is 30.3 Å². The third-order valence-corrected chi connectivity index (χ3v) is 2.53. The average Bonchev–Trinajstić information content (AvgIpc) is 2.29. The summed E-state index contributed by atoms with van der Waals surface area (Å²) < 4.78 is 5.09. The van der Waals surface area contributed by atoms with Crippen molar-refractivity contribution in [3.8, 4) is 0 Å². The fourth-order valence-electron chi connectivity index (χ4n) is 1.71. The fourth-order valence-corrected chi connectivity index (χ4v) is 1.71. The third-order valence-electron chi connectivity index (χ3n) is 2.53. The summed E-state index contributed by atoms with van der Waals surface area (Å²) in [5, 5.41) is 17.7. The van der Waals surface area contributed by atoms with Crippen molar-refractivity contribution in [2.75, 3.05) is 0 Å². The van der Waals surface area contributed by atoms with Gasteiger partial charge in [0.15, 0.2) is 0 Å². The first-order valence-corrected chi connectivity index (χ1v) is 5.80. The van der Waals surface area contributed by atoms with Gasteiger partial charge in [0.2, 0.25) is 0 Å². The van der Waals surface area contributed by atoms with E-state index in [1.165, 1.54) is 0 Å². The molecule has 1 atom stereocenters. The molecule has 88 valence electrons. The summed E-state index contributed by atoms with van der Waals surface area (Å²) in [6.45, 7) is 2.14. The van der Waals surface area contributed by atoms with Gasteiger partial charge in [-0.05, 0) is 12.0 Å². The average molecular weight is 222 g/mol. The summed E-state index contributed by atoms with van der Waals surface area (Å²) >= 11 is 0. The first-order chi connectivity index (χ1) is 7.74. The maximum Gasteiger partial charge on any atom is 0.634 e. The Hall–Kier alpha value is -0.835. The molecule has 0 bridgehead atoms. The Morgan fingerprint density at radius 3 is 2.44 bits per heavy atom. The van der Waals surface area contributed by atoms with Crippen LogP contribution in [0.4, 0.5) is 0 Å². The third kappa shape index (κ3) is 4.79. The number of hydrogen-bond donors (Lipinski definition) is 2. The van der Waals surface area contributed by atoms with Gasteiger partial charge in [-0.25, -0.2) is 0 Å². The van der Waals surface area contributed by atoms with Crippen LogP contribution in [0.1, 0.15) is 44.3 Å². The molecule has 0 aliphatic heterocycles. The maximum absolute atomic E-state index is 8.87. The molecule has 0 fully saturated rings. The van der Waals surface area contributed by atoms with E-state index < -0.39 is 7.32 Å². The summed E-state index contributed by atoms with van der Waals surface area (Å²) in [4.78, 5) is 0. The van der Waals surface area contributed by atoms with Crippen molar-refractivity contribution in [3.63, 3.8) is 0 Å². The zero-order valence-electron chi connectivity index (χ0n) is 9.67. The zero-order chi connectivity index (χ0) is 11.8. The number of unbranched alkanes of at least 4 members (excludes halogenated alkanes) is 2. The van der Waals surface area contributed by atoms with Gasteiger partial charge < -0.3 is 14.7 Å². The van der Waals surface area contributed by atoms with Gasteiger partial charge >= 0.3 is 7.32 Å². The lowest BCUT2D eigenvalue weighted by Gasteiger charge is -2.18. The molecule has 0 aromatic heterocycles. The highest BCUT2D eigenvalue weighted by atomic mass is 16.6. The molecule has 1 unspecified atom stereocenters. The van der Waals surface area contributed by atoms with Gasteiger partial charge in [-0.15, -0.1) is 0 Å². The van der Waals surface area contributed by atoms with E-state index in [0.717, 1.165) is 31.2 Å². The lowest BCUT2D eigenvalue weighted by atomic mass is 10.0. The molecule has 0 amide bonds. The molecule has 0 heterocycles. The maximum atomic E-state index is 8.87. The van der Waals surface area contributed by atoms with Crippen LogP contribution in [0.2, 0.25) is 0 Å². The molecule has 4 heteroatoms. The first-order valence-electron chi connectivity index (χ1n) is 5.80. The highest BCUT2D eigenvalue weighted by Crippen LogP contribution is 2.23. The SMILES string of the molecule is CCCCCC(OB(O)O)c1ccccc1. The van der Waals surface area contributed by atoms with Crippen molar-refractivity contribution in [1.82, 2.24) is 0 Å². The van der Waals surface area contributed by atoms with Crippen LogP contribution < -0.4 is 0 Å². The molecule has 0 saturated carbocycles. The Morgan fingerprint density at radius 1 is 1.19 bits per heavy atom. The van der Waals surface area contributed by atoms with E-state index in [2.05, 4.69) is 6.92 Å². The molecule has 0 spiro atoms. The molecule has 0 saturated heterocycles. The molecule has 16 heavy (non-hydrogen) atoms. The first kappa shape index (κ1) is 13.2. The number of hydrogen-bond acceptors (Lipinski definition) is 3. The van der Waals surface area contributed by atoms with Crippen molar-refractivity contribution in [1.29, 1.82) is 0 Å². The molecule has 3 nitrogen and oxygen atoms in total. The standard InChI is InChI=1S/C12H19BO3/c1-2-3-5-10-12(16-13(14)15)11-8-6-4-7-9-11/h4,6-9,12,14-15H,2-3,5,10H2,1H3. The Kier molecular flexibility index (Phi) is 6.15. The molecular formula is C12H19BO3. The second-order valence-electron chi connectivity index (χ2n) is 3.86. The summed E-state index contributed by atoms with van der Waals surface area (Å²) in [6, 6.07) is 9.67. The predicted octanol–water partition coefficient (Wildman–Crippen LogP) is 2.29. The minimum Gasteiger partial charge on any atom is -0.402 e. The minimum atomic E-state index is -1.70. The molecule has 0 aliphatic rings. The van der Waals surface area contributed by atoms with Crippen molar-refractivity contribution in [3.05, 3.63) is 35.9 Å². The highest BCUT2D eigenvalue weighted by molar-refractivity contribution is 6.32. The van der Waals surface area contributed by atoms with E-state index in [9.17, 15) is 0 Å². The zero-order valence-corrected chi connectivity index (χ0v) is 9.67. The van der Waals surface area contributed by atoms with Gasteiger partial charge in [-0.3, -0.25) is 0 Å². The van der Waals surface area contributed by atoms with Crippen LogP contribution in [0.25, 0.3) is 0 Å². The Labute approximate surface area is 97.3 Å². The van der Waals surface area contributed by atoms with Gasteiger partial charge in [0.25, 0.3) is 0 Å². The monoisotopic (exact) mass is 222 g/mol. The van der Waals surface area contributed by atoms with E-state index in [-0.39, 0.29) is 6.10 Å². The Morgan fingerprint density at radius 2 is 1.88 bits per heavy atom. The fraction of sp³-hybridized carbons (Fsp3) is 0.500. The van der Waals surface area contributed by atoms with Crippen molar-refractivity contribution < 1.29 is 14.7 Å². The normalized spacial score (nSPS) is 12.4. The molecular weight excluding hydrogens is 203 g/mol. The topological polar surface area (TPSA) is 49.7 Å². The molecule has 0 aliphatic carbocycles. The molecule has 1 rings (SSSR count). The summed E-state index contributed by atoms with van der Waals surface area (Å²) in [5.74, 6) is 0. The van der Waals surface area contributed by atoms with Crippen molar-refractivity contribution >= 4 is 7.32 Å². The van der Waals surface area contributed by atoms with Crippen LogP contribution in [-0.2, 0) is 4.65 Å². The van der Waals surface area contributed by atoms with E-state index in [4.69, 9.17) is 14.7 Å². The predicted molar refractivity (Wildman–Crippen MR) is 64.6 cm³/mol. The van der Waals surface area contributed by atoms with Gasteiger partial charge in [0, 0.05) is 0 Å². The molecule has 2 N–H and O–H groups in total. The highest BCUT2D eigenvalue weighted by Gasteiger charge is 2.19. The molecule has 0 radical (unpaired) electrons. The Balaban J connectivity index is 2.56. The lowest BCUT2D eigenvalue weighted by Crippen LogP contribution is -2.20. The second-order valence-corrected chi connectivity index (χ2v) is 3.86. The van der Waals surface area contributed by atoms with E-state index in [1.54, 1.807) is 0 Å². The van der Waals surface area contributed by atoms with Crippen molar-refractivity contribution in [2.45, 2.75) is 38.7 Å². The van der Waals surface area contributed by atoms with E-state index >= 15 is 0 Å². The van der Waals surface area contributed by atoms with Gasteiger partial charge in [-0.2, -0.15) is 0 Å². The molecule has 1 aromatic carbocycles. The van der Waals surface area contributed by atoms with Crippen LogP contribution >= 0.6 is 0 Å².